The van der Waals surface area contributed by atoms with Crippen molar-refractivity contribution in [3.05, 3.63) is 51.0 Å². The molecule has 1 aliphatic rings. The van der Waals surface area contributed by atoms with Gasteiger partial charge in [0.15, 0.2) is 11.5 Å². The van der Waals surface area contributed by atoms with Crippen LogP contribution in [0.4, 0.5) is 11.4 Å². The summed E-state index contributed by atoms with van der Waals surface area (Å²) in [5.41, 5.74) is 0.742. The Kier molecular flexibility index (Phi) is 6.05. The van der Waals surface area contributed by atoms with Crippen molar-refractivity contribution in [2.24, 2.45) is 0 Å². The Hall–Kier alpha value is -2.48. The zero-order chi connectivity index (χ0) is 19.4. The van der Waals surface area contributed by atoms with Crippen molar-refractivity contribution in [1.82, 2.24) is 0 Å². The van der Waals surface area contributed by atoms with Crippen molar-refractivity contribution in [1.29, 1.82) is 0 Å². The highest BCUT2D eigenvalue weighted by molar-refractivity contribution is 9.10. The van der Waals surface area contributed by atoms with Crippen molar-refractivity contribution >= 4 is 27.3 Å². The van der Waals surface area contributed by atoms with Gasteiger partial charge < -0.3 is 19.1 Å². The van der Waals surface area contributed by atoms with E-state index >= 15 is 0 Å². The van der Waals surface area contributed by atoms with Crippen LogP contribution in [0, 0.1) is 10.1 Å². The first-order valence-electron chi connectivity index (χ1n) is 8.60. The second kappa shape index (κ2) is 8.47. The topological polar surface area (TPSA) is 74.1 Å². The lowest BCUT2D eigenvalue weighted by atomic mass is 10.1. The van der Waals surface area contributed by atoms with Crippen LogP contribution in [0.1, 0.15) is 12.8 Å². The molecule has 144 valence electrons. The molecule has 0 aromatic heterocycles. The van der Waals surface area contributed by atoms with Crippen LogP contribution in [0.3, 0.4) is 0 Å². The van der Waals surface area contributed by atoms with Gasteiger partial charge >= 0.3 is 0 Å². The molecule has 8 heteroatoms. The molecule has 0 N–H and O–H groups in total. The summed E-state index contributed by atoms with van der Waals surface area (Å²) in [4.78, 5) is 13.1. The smallest absolute Gasteiger partial charge is 0.293 e. The summed E-state index contributed by atoms with van der Waals surface area (Å²) in [5.74, 6) is 1.84. The highest BCUT2D eigenvalue weighted by Gasteiger charge is 2.27. The highest BCUT2D eigenvalue weighted by atomic mass is 79.9. The molecule has 1 fully saturated rings. The van der Waals surface area contributed by atoms with Crippen molar-refractivity contribution < 1.29 is 19.1 Å². The molecule has 0 aliphatic carbocycles. The molecule has 2 aromatic rings. The van der Waals surface area contributed by atoms with Crippen LogP contribution in [-0.4, -0.2) is 38.3 Å². The van der Waals surface area contributed by atoms with E-state index in [0.29, 0.717) is 40.5 Å². The normalized spacial score (nSPS) is 14.7. The van der Waals surface area contributed by atoms with Crippen molar-refractivity contribution in [3.8, 4) is 17.2 Å². The number of para-hydroxylation sites is 1. The molecular weight excluding hydrogens is 416 g/mol. The Morgan fingerprint density at radius 1 is 1.11 bits per heavy atom. The lowest BCUT2D eigenvalue weighted by molar-refractivity contribution is -0.384. The lowest BCUT2D eigenvalue weighted by Gasteiger charge is -2.33. The fourth-order valence-corrected chi connectivity index (χ4v) is 3.57. The minimum absolute atomic E-state index is 0.0130. The fraction of sp³-hybridized carbons (Fsp3) is 0.368. The minimum Gasteiger partial charge on any atom is -0.493 e. The first-order chi connectivity index (χ1) is 13.0. The fourth-order valence-electron chi connectivity index (χ4n) is 3.22. The summed E-state index contributed by atoms with van der Waals surface area (Å²) in [6.07, 6.45) is 1.48. The summed E-state index contributed by atoms with van der Waals surface area (Å²) < 4.78 is 17.6. The van der Waals surface area contributed by atoms with Gasteiger partial charge in [0.2, 0.25) is 5.75 Å². The van der Waals surface area contributed by atoms with Gasteiger partial charge in [-0.1, -0.05) is 22.0 Å². The molecule has 0 atom stereocenters. The molecule has 3 rings (SSSR count). The molecule has 0 amide bonds. The van der Waals surface area contributed by atoms with E-state index in [4.69, 9.17) is 14.2 Å². The van der Waals surface area contributed by atoms with Gasteiger partial charge in [0.1, 0.15) is 11.8 Å². The number of halogens is 1. The zero-order valence-corrected chi connectivity index (χ0v) is 16.8. The number of nitro benzene ring substituents is 1. The average Bonchev–Trinajstić information content (AvgIpc) is 2.68. The average molecular weight is 437 g/mol. The van der Waals surface area contributed by atoms with E-state index < -0.39 is 0 Å². The van der Waals surface area contributed by atoms with E-state index in [1.807, 2.05) is 29.2 Å². The molecule has 0 saturated carbocycles. The minimum atomic E-state index is -0.345. The quantitative estimate of drug-likeness (QED) is 0.492. The third kappa shape index (κ3) is 4.27. The van der Waals surface area contributed by atoms with E-state index in [9.17, 15) is 10.1 Å². The number of ether oxygens (including phenoxy) is 3. The third-order valence-electron chi connectivity index (χ3n) is 4.58. The number of piperidine rings is 1. The summed E-state index contributed by atoms with van der Waals surface area (Å²) in [7, 11) is 3.19. The van der Waals surface area contributed by atoms with Gasteiger partial charge in [-0.2, -0.15) is 0 Å². The predicted octanol–water partition coefficient (Wildman–Crippen LogP) is 4.42. The van der Waals surface area contributed by atoms with Gasteiger partial charge in [0.25, 0.3) is 5.69 Å². The SMILES string of the molecule is COc1cccc(OC)c1OC1CCN(c2ccc(Br)cc2[N+](=O)[O-])CC1. The van der Waals surface area contributed by atoms with Crippen LogP contribution in [0.25, 0.3) is 0 Å². The lowest BCUT2D eigenvalue weighted by Crippen LogP contribution is -2.38. The molecule has 27 heavy (non-hydrogen) atoms. The zero-order valence-electron chi connectivity index (χ0n) is 15.2. The largest absolute Gasteiger partial charge is 0.493 e. The molecule has 1 aliphatic heterocycles. The molecule has 0 unspecified atom stereocenters. The summed E-state index contributed by atoms with van der Waals surface area (Å²) in [6, 6.07) is 10.7. The van der Waals surface area contributed by atoms with Gasteiger partial charge in [-0.15, -0.1) is 0 Å². The van der Waals surface area contributed by atoms with Crippen molar-refractivity contribution in [2.75, 3.05) is 32.2 Å². The monoisotopic (exact) mass is 436 g/mol. The van der Waals surface area contributed by atoms with Gasteiger partial charge in [0.05, 0.1) is 19.1 Å². The van der Waals surface area contributed by atoms with Gasteiger partial charge in [0, 0.05) is 36.5 Å². The number of rotatable bonds is 6. The maximum atomic E-state index is 11.4. The summed E-state index contributed by atoms with van der Waals surface area (Å²) in [6.45, 7) is 1.34. The van der Waals surface area contributed by atoms with E-state index in [1.54, 1.807) is 20.3 Å². The molecule has 7 nitrogen and oxygen atoms in total. The Morgan fingerprint density at radius 2 is 1.74 bits per heavy atom. The van der Waals surface area contributed by atoms with E-state index in [2.05, 4.69) is 15.9 Å². The Bertz CT molecular complexity index is 799. The highest BCUT2D eigenvalue weighted by Crippen LogP contribution is 2.39. The van der Waals surface area contributed by atoms with Gasteiger partial charge in [-0.25, -0.2) is 0 Å². The molecule has 2 aromatic carbocycles. The van der Waals surface area contributed by atoms with Gasteiger partial charge in [-0.05, 0) is 24.3 Å². The van der Waals surface area contributed by atoms with Crippen molar-refractivity contribution in [3.63, 3.8) is 0 Å². The van der Waals surface area contributed by atoms with Crippen LogP contribution in [0.2, 0.25) is 0 Å². The molecule has 0 bridgehead atoms. The Morgan fingerprint density at radius 3 is 2.30 bits per heavy atom. The maximum Gasteiger partial charge on any atom is 0.293 e. The molecule has 1 heterocycles. The van der Waals surface area contributed by atoms with Gasteiger partial charge in [-0.3, -0.25) is 10.1 Å². The maximum absolute atomic E-state index is 11.4. The summed E-state index contributed by atoms with van der Waals surface area (Å²) in [5, 5.41) is 11.4. The third-order valence-corrected chi connectivity index (χ3v) is 5.08. The predicted molar refractivity (Wildman–Crippen MR) is 106 cm³/mol. The van der Waals surface area contributed by atoms with Crippen LogP contribution < -0.4 is 19.1 Å². The molecule has 1 saturated heterocycles. The number of hydrogen-bond donors (Lipinski definition) is 0. The van der Waals surface area contributed by atoms with Crippen molar-refractivity contribution in [2.45, 2.75) is 18.9 Å². The van der Waals surface area contributed by atoms with E-state index in [1.165, 1.54) is 6.07 Å². The van der Waals surface area contributed by atoms with E-state index in [0.717, 1.165) is 12.8 Å². The second-order valence-corrected chi connectivity index (χ2v) is 7.10. The van der Waals surface area contributed by atoms with Crippen LogP contribution in [0.15, 0.2) is 40.9 Å². The first-order valence-corrected chi connectivity index (χ1v) is 9.39. The summed E-state index contributed by atoms with van der Waals surface area (Å²) >= 11 is 3.30. The van der Waals surface area contributed by atoms with Crippen LogP contribution in [0.5, 0.6) is 17.2 Å². The Labute approximate surface area is 166 Å². The number of anilines is 1. The van der Waals surface area contributed by atoms with Crippen LogP contribution >= 0.6 is 15.9 Å². The molecule has 0 radical (unpaired) electrons. The number of benzene rings is 2. The first kappa shape index (κ1) is 19.3. The number of methoxy groups -OCH3 is 2. The van der Waals surface area contributed by atoms with Crippen LogP contribution in [-0.2, 0) is 0 Å². The number of hydrogen-bond acceptors (Lipinski definition) is 6. The van der Waals surface area contributed by atoms with E-state index in [-0.39, 0.29) is 16.7 Å². The number of nitrogens with zero attached hydrogens (tertiary/aromatic N) is 2. The molecular formula is C19H21BrN2O5. The standard InChI is InChI=1S/C19H21BrN2O5/c1-25-17-4-3-5-18(26-2)19(17)27-14-8-10-21(11-9-14)15-7-6-13(20)12-16(15)22(23)24/h3-7,12,14H,8-11H2,1-2H3. The Balaban J connectivity index is 1.71. The molecule has 0 spiro atoms. The number of nitro groups is 1. The second-order valence-electron chi connectivity index (χ2n) is 6.19.